The van der Waals surface area contributed by atoms with Gasteiger partial charge in [0.25, 0.3) is 5.91 Å². The standard InChI is InChI=1S/C23H25ClN4O3/c1-28-9-7-19(8-10-28)31-21-12-15(17-13-25-26-14-17)5-6-20(21)27-23(30)22(29)16-3-2-4-18(24)11-16/h2-6,11-14,19,22,29H,7-10H2,1H3,(H,25,26)(H,27,30). The topological polar surface area (TPSA) is 90.5 Å². The summed E-state index contributed by atoms with van der Waals surface area (Å²) >= 11 is 5.99. The molecule has 0 bridgehead atoms. The van der Waals surface area contributed by atoms with E-state index in [2.05, 4.69) is 27.5 Å². The van der Waals surface area contributed by atoms with Crippen molar-refractivity contribution in [2.24, 2.45) is 0 Å². The first kappa shape index (κ1) is 21.4. The molecule has 7 nitrogen and oxygen atoms in total. The zero-order valence-electron chi connectivity index (χ0n) is 17.2. The lowest BCUT2D eigenvalue weighted by Crippen LogP contribution is -2.35. The van der Waals surface area contributed by atoms with Crippen LogP contribution in [0.1, 0.15) is 24.5 Å². The van der Waals surface area contributed by atoms with Gasteiger partial charge in [0.2, 0.25) is 0 Å². The summed E-state index contributed by atoms with van der Waals surface area (Å²) < 4.78 is 6.30. The Morgan fingerprint density at radius 2 is 2.06 bits per heavy atom. The molecule has 0 radical (unpaired) electrons. The molecule has 1 unspecified atom stereocenters. The quantitative estimate of drug-likeness (QED) is 0.541. The number of rotatable bonds is 6. The van der Waals surface area contributed by atoms with E-state index in [0.717, 1.165) is 37.1 Å². The number of carbonyl (C=O) groups excluding carboxylic acids is 1. The maximum atomic E-state index is 12.7. The number of hydrogen-bond acceptors (Lipinski definition) is 5. The Hall–Kier alpha value is -2.87. The van der Waals surface area contributed by atoms with Crippen molar-refractivity contribution in [3.8, 4) is 16.9 Å². The van der Waals surface area contributed by atoms with Crippen molar-refractivity contribution >= 4 is 23.2 Å². The van der Waals surface area contributed by atoms with E-state index < -0.39 is 12.0 Å². The van der Waals surface area contributed by atoms with Crippen LogP contribution in [0.3, 0.4) is 0 Å². The molecule has 1 aliphatic rings. The van der Waals surface area contributed by atoms with Gasteiger partial charge in [-0.1, -0.05) is 29.8 Å². The first-order chi connectivity index (χ1) is 15.0. The average Bonchev–Trinajstić information content (AvgIpc) is 3.31. The number of hydrogen-bond donors (Lipinski definition) is 3. The van der Waals surface area contributed by atoms with Gasteiger partial charge in [-0.3, -0.25) is 9.89 Å². The number of aliphatic hydroxyl groups excluding tert-OH is 1. The molecule has 0 saturated carbocycles. The lowest BCUT2D eigenvalue weighted by molar-refractivity contribution is -0.124. The molecule has 3 N–H and O–H groups in total. The van der Waals surface area contributed by atoms with Gasteiger partial charge < -0.3 is 20.1 Å². The van der Waals surface area contributed by atoms with Gasteiger partial charge >= 0.3 is 0 Å². The van der Waals surface area contributed by atoms with Crippen molar-refractivity contribution in [2.75, 3.05) is 25.5 Å². The van der Waals surface area contributed by atoms with E-state index in [9.17, 15) is 9.90 Å². The van der Waals surface area contributed by atoms with Gasteiger partial charge in [-0.15, -0.1) is 0 Å². The predicted octanol–water partition coefficient (Wildman–Crippen LogP) is 3.88. The number of aromatic amines is 1. The number of anilines is 1. The van der Waals surface area contributed by atoms with Crippen LogP contribution in [0.5, 0.6) is 5.75 Å². The number of aromatic nitrogens is 2. The number of aliphatic hydroxyl groups is 1. The number of piperidine rings is 1. The van der Waals surface area contributed by atoms with Gasteiger partial charge in [0, 0.05) is 29.9 Å². The third-order valence-electron chi connectivity index (χ3n) is 5.44. The minimum absolute atomic E-state index is 0.0595. The van der Waals surface area contributed by atoms with E-state index in [1.807, 2.05) is 12.1 Å². The molecule has 1 aromatic heterocycles. The summed E-state index contributed by atoms with van der Waals surface area (Å²) in [7, 11) is 2.10. The summed E-state index contributed by atoms with van der Waals surface area (Å²) in [6, 6.07) is 12.2. The van der Waals surface area contributed by atoms with Crippen LogP contribution in [0.15, 0.2) is 54.9 Å². The minimum Gasteiger partial charge on any atom is -0.488 e. The summed E-state index contributed by atoms with van der Waals surface area (Å²) in [6.45, 7) is 1.92. The Balaban J connectivity index is 1.57. The van der Waals surface area contributed by atoms with E-state index >= 15 is 0 Å². The second kappa shape index (κ2) is 9.51. The highest BCUT2D eigenvalue weighted by Crippen LogP contribution is 2.33. The number of ether oxygens (including phenoxy) is 1. The zero-order chi connectivity index (χ0) is 21.8. The zero-order valence-corrected chi connectivity index (χ0v) is 18.0. The number of H-pyrrole nitrogens is 1. The number of halogens is 1. The van der Waals surface area contributed by atoms with E-state index in [0.29, 0.717) is 22.0 Å². The molecule has 3 aromatic rings. The molecular formula is C23H25ClN4O3. The van der Waals surface area contributed by atoms with Crippen LogP contribution in [0.25, 0.3) is 11.1 Å². The van der Waals surface area contributed by atoms with Crippen molar-refractivity contribution in [1.82, 2.24) is 15.1 Å². The molecule has 1 atom stereocenters. The van der Waals surface area contributed by atoms with Crippen LogP contribution in [0, 0.1) is 0 Å². The molecule has 2 heterocycles. The molecule has 1 saturated heterocycles. The van der Waals surface area contributed by atoms with Crippen molar-refractivity contribution in [2.45, 2.75) is 25.0 Å². The van der Waals surface area contributed by atoms with Crippen molar-refractivity contribution in [3.63, 3.8) is 0 Å². The summed E-state index contributed by atoms with van der Waals surface area (Å²) in [5.74, 6) is 0.0199. The molecule has 31 heavy (non-hydrogen) atoms. The van der Waals surface area contributed by atoms with E-state index in [1.54, 1.807) is 42.7 Å². The number of likely N-dealkylation sites (tertiary alicyclic amines) is 1. The smallest absolute Gasteiger partial charge is 0.257 e. The van der Waals surface area contributed by atoms with E-state index in [-0.39, 0.29) is 6.10 Å². The van der Waals surface area contributed by atoms with E-state index in [1.165, 1.54) is 0 Å². The Kier molecular flexibility index (Phi) is 6.56. The Labute approximate surface area is 186 Å². The van der Waals surface area contributed by atoms with Gasteiger partial charge in [0.1, 0.15) is 11.9 Å². The Morgan fingerprint density at radius 3 is 2.77 bits per heavy atom. The summed E-state index contributed by atoms with van der Waals surface area (Å²) in [5, 5.41) is 20.6. The van der Waals surface area contributed by atoms with Crippen LogP contribution < -0.4 is 10.1 Å². The number of carbonyl (C=O) groups is 1. The highest BCUT2D eigenvalue weighted by atomic mass is 35.5. The number of nitrogens with one attached hydrogen (secondary N) is 2. The molecule has 0 aliphatic carbocycles. The molecule has 1 amide bonds. The Morgan fingerprint density at radius 1 is 1.26 bits per heavy atom. The van der Waals surface area contributed by atoms with Crippen LogP contribution in [-0.4, -0.2) is 52.4 Å². The molecule has 1 fully saturated rings. The molecule has 0 spiro atoms. The molecule has 4 rings (SSSR count). The van der Waals surface area contributed by atoms with Crippen LogP contribution in [0.4, 0.5) is 5.69 Å². The largest absolute Gasteiger partial charge is 0.488 e. The van der Waals surface area contributed by atoms with Gasteiger partial charge in [0.15, 0.2) is 6.10 Å². The highest BCUT2D eigenvalue weighted by molar-refractivity contribution is 6.30. The molecule has 2 aromatic carbocycles. The summed E-state index contributed by atoms with van der Waals surface area (Å²) in [6.07, 6.45) is 4.06. The van der Waals surface area contributed by atoms with Crippen molar-refractivity contribution < 1.29 is 14.6 Å². The normalized spacial score (nSPS) is 16.1. The van der Waals surface area contributed by atoms with Gasteiger partial charge in [-0.05, 0) is 55.3 Å². The summed E-state index contributed by atoms with van der Waals surface area (Å²) in [5.41, 5.74) is 2.78. The van der Waals surface area contributed by atoms with Crippen LogP contribution >= 0.6 is 11.6 Å². The second-order valence-electron chi connectivity index (χ2n) is 7.77. The number of amides is 1. The third-order valence-corrected chi connectivity index (χ3v) is 5.68. The predicted molar refractivity (Wildman–Crippen MR) is 120 cm³/mol. The first-order valence-corrected chi connectivity index (χ1v) is 10.6. The highest BCUT2D eigenvalue weighted by Gasteiger charge is 2.23. The van der Waals surface area contributed by atoms with Crippen molar-refractivity contribution in [1.29, 1.82) is 0 Å². The minimum atomic E-state index is -1.34. The third kappa shape index (κ3) is 5.25. The Bertz CT molecular complexity index is 1030. The van der Waals surface area contributed by atoms with Gasteiger partial charge in [-0.2, -0.15) is 5.10 Å². The van der Waals surface area contributed by atoms with Gasteiger partial charge in [0.05, 0.1) is 11.9 Å². The SMILES string of the molecule is CN1CCC(Oc2cc(-c3cn[nH]c3)ccc2NC(=O)C(O)c2cccc(Cl)c2)CC1. The molecular weight excluding hydrogens is 416 g/mol. The fraction of sp³-hybridized carbons (Fsp3) is 0.304. The average molecular weight is 441 g/mol. The second-order valence-corrected chi connectivity index (χ2v) is 8.20. The maximum absolute atomic E-state index is 12.7. The van der Waals surface area contributed by atoms with Crippen molar-refractivity contribution in [3.05, 3.63) is 65.4 Å². The lowest BCUT2D eigenvalue weighted by Gasteiger charge is -2.30. The van der Waals surface area contributed by atoms with Gasteiger partial charge in [-0.25, -0.2) is 0 Å². The molecule has 8 heteroatoms. The first-order valence-electron chi connectivity index (χ1n) is 10.2. The summed E-state index contributed by atoms with van der Waals surface area (Å²) in [4.78, 5) is 15.0. The molecule has 1 aliphatic heterocycles. The van der Waals surface area contributed by atoms with Crippen LogP contribution in [0.2, 0.25) is 5.02 Å². The maximum Gasteiger partial charge on any atom is 0.257 e. The molecule has 162 valence electrons. The fourth-order valence-corrected chi connectivity index (χ4v) is 3.82. The number of benzene rings is 2. The van der Waals surface area contributed by atoms with E-state index in [4.69, 9.17) is 16.3 Å². The fourth-order valence-electron chi connectivity index (χ4n) is 3.62. The van der Waals surface area contributed by atoms with Crippen LogP contribution in [-0.2, 0) is 4.79 Å². The number of nitrogens with zero attached hydrogens (tertiary/aromatic N) is 2. The monoisotopic (exact) mass is 440 g/mol. The lowest BCUT2D eigenvalue weighted by atomic mass is 10.1.